The highest BCUT2D eigenvalue weighted by molar-refractivity contribution is 14.0. The lowest BCUT2D eigenvalue weighted by atomic mass is 10.0. The first kappa shape index (κ1) is 25.6. The minimum atomic E-state index is -0.192. The molecule has 180 valence electrons. The van der Waals surface area contributed by atoms with Gasteiger partial charge in [-0.05, 0) is 43.9 Å². The van der Waals surface area contributed by atoms with Gasteiger partial charge in [0.25, 0.3) is 0 Å². The topological polar surface area (TPSA) is 52.1 Å². The predicted octanol–water partition coefficient (Wildman–Crippen LogP) is 3.39. The van der Waals surface area contributed by atoms with Gasteiger partial charge < -0.3 is 15.4 Å². The van der Waals surface area contributed by atoms with Crippen molar-refractivity contribution in [3.8, 4) is 0 Å². The molecule has 1 aromatic rings. The Balaban J connectivity index is 0.00000289. The Morgan fingerprint density at radius 2 is 1.97 bits per heavy atom. The number of halogens is 2. The van der Waals surface area contributed by atoms with Crippen molar-refractivity contribution in [1.82, 2.24) is 20.4 Å². The number of rotatable bonds is 7. The van der Waals surface area contributed by atoms with Crippen LogP contribution < -0.4 is 10.6 Å². The molecule has 6 nitrogen and oxygen atoms in total. The molecule has 1 aliphatic carbocycles. The highest BCUT2D eigenvalue weighted by Gasteiger charge is 2.30. The number of aliphatic imine (C=N–C) groups is 1. The summed E-state index contributed by atoms with van der Waals surface area (Å²) >= 11 is 0. The Morgan fingerprint density at radius 3 is 2.69 bits per heavy atom. The fourth-order valence-electron chi connectivity index (χ4n) is 5.23. The van der Waals surface area contributed by atoms with Gasteiger partial charge in [0.05, 0.1) is 25.8 Å². The van der Waals surface area contributed by atoms with Gasteiger partial charge in [-0.15, -0.1) is 24.0 Å². The zero-order valence-electron chi connectivity index (χ0n) is 19.3. The molecule has 1 aromatic carbocycles. The molecule has 0 bridgehead atoms. The molecule has 2 unspecified atom stereocenters. The lowest BCUT2D eigenvalue weighted by Gasteiger charge is -2.34. The smallest absolute Gasteiger partial charge is 0.191 e. The highest BCUT2D eigenvalue weighted by atomic mass is 127. The zero-order valence-corrected chi connectivity index (χ0v) is 21.6. The molecular weight excluding hydrogens is 520 g/mol. The summed E-state index contributed by atoms with van der Waals surface area (Å²) in [4.78, 5) is 9.98. The lowest BCUT2D eigenvalue weighted by molar-refractivity contribution is 0.0179. The monoisotopic (exact) mass is 559 g/mol. The second-order valence-corrected chi connectivity index (χ2v) is 9.00. The zero-order chi connectivity index (χ0) is 21.5. The molecule has 2 heterocycles. The standard InChI is InChI=1S/C24H38FN5O.HI/c1-2-26-24(28-21-10-11-30(18-21)22-8-3-4-9-22)27-17-23(29-12-14-31-15-13-29)19-6-5-7-20(25)16-19;/h5-7,16,21-23H,2-4,8-15,17-18H2,1H3,(H2,26,27,28);1H. The van der Waals surface area contributed by atoms with Crippen LogP contribution in [0, 0.1) is 5.82 Å². The van der Waals surface area contributed by atoms with E-state index in [1.165, 1.54) is 38.3 Å². The third kappa shape index (κ3) is 7.01. The van der Waals surface area contributed by atoms with Gasteiger partial charge in [0.15, 0.2) is 5.96 Å². The van der Waals surface area contributed by atoms with Crippen molar-refractivity contribution in [3.05, 3.63) is 35.6 Å². The van der Waals surface area contributed by atoms with Crippen LogP contribution in [0.1, 0.15) is 50.6 Å². The number of likely N-dealkylation sites (tertiary alicyclic amines) is 1. The third-order valence-electron chi connectivity index (χ3n) is 6.89. The number of guanidine groups is 1. The van der Waals surface area contributed by atoms with Crippen LogP contribution in [0.15, 0.2) is 29.3 Å². The second-order valence-electron chi connectivity index (χ2n) is 9.00. The van der Waals surface area contributed by atoms with E-state index in [4.69, 9.17) is 9.73 Å². The van der Waals surface area contributed by atoms with E-state index in [0.29, 0.717) is 25.8 Å². The molecule has 1 saturated carbocycles. The van der Waals surface area contributed by atoms with E-state index in [0.717, 1.165) is 50.2 Å². The molecule has 2 N–H and O–H groups in total. The van der Waals surface area contributed by atoms with Crippen molar-refractivity contribution in [2.24, 2.45) is 4.99 Å². The first-order chi connectivity index (χ1) is 15.2. The van der Waals surface area contributed by atoms with Crippen LogP contribution in [0.2, 0.25) is 0 Å². The molecule has 0 spiro atoms. The number of ether oxygens (including phenoxy) is 1. The Bertz CT molecular complexity index is 724. The summed E-state index contributed by atoms with van der Waals surface area (Å²) in [5.41, 5.74) is 0.981. The normalized spacial score (nSPS) is 24.3. The molecule has 0 radical (unpaired) electrons. The molecule has 8 heteroatoms. The fraction of sp³-hybridized carbons (Fsp3) is 0.708. The van der Waals surface area contributed by atoms with E-state index < -0.39 is 0 Å². The maximum absolute atomic E-state index is 13.9. The molecule has 32 heavy (non-hydrogen) atoms. The number of benzene rings is 1. The van der Waals surface area contributed by atoms with Gasteiger partial charge in [-0.25, -0.2) is 4.39 Å². The van der Waals surface area contributed by atoms with Crippen LogP contribution in [0.4, 0.5) is 4.39 Å². The van der Waals surface area contributed by atoms with Crippen LogP contribution in [-0.4, -0.2) is 80.3 Å². The Kier molecular flexibility index (Phi) is 10.5. The molecule has 2 atom stereocenters. The average Bonchev–Trinajstić information content (AvgIpc) is 3.47. The molecule has 2 aliphatic heterocycles. The number of nitrogens with one attached hydrogen (secondary N) is 2. The van der Waals surface area contributed by atoms with Crippen molar-refractivity contribution in [3.63, 3.8) is 0 Å². The van der Waals surface area contributed by atoms with Crippen LogP contribution >= 0.6 is 24.0 Å². The third-order valence-corrected chi connectivity index (χ3v) is 6.89. The second kappa shape index (κ2) is 13.1. The number of hydrogen-bond donors (Lipinski definition) is 2. The van der Waals surface area contributed by atoms with E-state index in [-0.39, 0.29) is 35.8 Å². The van der Waals surface area contributed by atoms with Crippen molar-refractivity contribution >= 4 is 29.9 Å². The van der Waals surface area contributed by atoms with Gasteiger partial charge >= 0.3 is 0 Å². The Hall–Kier alpha value is -0.970. The largest absolute Gasteiger partial charge is 0.379 e. The van der Waals surface area contributed by atoms with Gasteiger partial charge in [0.2, 0.25) is 0 Å². The molecule has 3 fully saturated rings. The van der Waals surface area contributed by atoms with Crippen LogP contribution in [0.5, 0.6) is 0 Å². The molecule has 2 saturated heterocycles. The van der Waals surface area contributed by atoms with E-state index in [2.05, 4.69) is 27.4 Å². The van der Waals surface area contributed by atoms with Crippen molar-refractivity contribution in [1.29, 1.82) is 0 Å². The maximum atomic E-state index is 13.9. The van der Waals surface area contributed by atoms with Crippen LogP contribution in [0.3, 0.4) is 0 Å². The Labute approximate surface area is 209 Å². The average molecular weight is 560 g/mol. The molecular formula is C24H39FIN5O. The van der Waals surface area contributed by atoms with Crippen LogP contribution in [0.25, 0.3) is 0 Å². The minimum Gasteiger partial charge on any atom is -0.379 e. The summed E-state index contributed by atoms with van der Waals surface area (Å²) in [7, 11) is 0. The Morgan fingerprint density at radius 1 is 1.19 bits per heavy atom. The first-order valence-electron chi connectivity index (χ1n) is 12.1. The maximum Gasteiger partial charge on any atom is 0.191 e. The van der Waals surface area contributed by atoms with Crippen LogP contribution in [-0.2, 0) is 4.74 Å². The number of nitrogens with zero attached hydrogens (tertiary/aromatic N) is 3. The quantitative estimate of drug-likeness (QED) is 0.305. The fourth-order valence-corrected chi connectivity index (χ4v) is 5.23. The lowest BCUT2D eigenvalue weighted by Crippen LogP contribution is -2.46. The molecule has 0 amide bonds. The first-order valence-corrected chi connectivity index (χ1v) is 12.1. The highest BCUT2D eigenvalue weighted by Crippen LogP contribution is 2.27. The summed E-state index contributed by atoms with van der Waals surface area (Å²) in [6.45, 7) is 8.93. The summed E-state index contributed by atoms with van der Waals surface area (Å²) < 4.78 is 19.5. The van der Waals surface area contributed by atoms with E-state index >= 15 is 0 Å². The minimum absolute atomic E-state index is 0. The molecule has 4 rings (SSSR count). The summed E-state index contributed by atoms with van der Waals surface area (Å²) in [5, 5.41) is 7.09. The van der Waals surface area contributed by atoms with E-state index in [1.54, 1.807) is 12.1 Å². The summed E-state index contributed by atoms with van der Waals surface area (Å²) in [5.74, 6) is 0.679. The van der Waals surface area contributed by atoms with Gasteiger partial charge in [0, 0.05) is 44.8 Å². The predicted molar refractivity (Wildman–Crippen MR) is 138 cm³/mol. The number of hydrogen-bond acceptors (Lipinski definition) is 4. The summed E-state index contributed by atoms with van der Waals surface area (Å²) in [6.07, 6.45) is 6.64. The van der Waals surface area contributed by atoms with E-state index in [9.17, 15) is 4.39 Å². The SMILES string of the molecule is CCNC(=NCC(c1cccc(F)c1)N1CCOCC1)NC1CCN(C2CCCC2)C1.I. The van der Waals surface area contributed by atoms with Gasteiger partial charge in [-0.1, -0.05) is 25.0 Å². The van der Waals surface area contributed by atoms with Crippen molar-refractivity contribution in [2.45, 2.75) is 57.2 Å². The van der Waals surface area contributed by atoms with Crippen molar-refractivity contribution < 1.29 is 9.13 Å². The van der Waals surface area contributed by atoms with Gasteiger partial charge in [-0.3, -0.25) is 14.8 Å². The van der Waals surface area contributed by atoms with Crippen molar-refractivity contribution in [2.75, 3.05) is 52.5 Å². The van der Waals surface area contributed by atoms with E-state index in [1.807, 2.05) is 6.07 Å². The molecule has 0 aromatic heterocycles. The number of morpholine rings is 1. The van der Waals surface area contributed by atoms with Gasteiger partial charge in [0.1, 0.15) is 5.82 Å². The van der Waals surface area contributed by atoms with Gasteiger partial charge in [-0.2, -0.15) is 0 Å². The molecule has 3 aliphatic rings. The summed E-state index contributed by atoms with van der Waals surface area (Å²) in [6, 6.07) is 8.22.